The maximum Gasteiger partial charge on any atom is 0.293 e. The van der Waals surface area contributed by atoms with Crippen LogP contribution in [0, 0.1) is 0 Å². The average Bonchev–Trinajstić information content (AvgIpc) is 2.75. The molecule has 1 fully saturated rings. The van der Waals surface area contributed by atoms with E-state index >= 15 is 0 Å². The first-order chi connectivity index (χ1) is 6.27. The number of aromatic nitrogens is 2. The molecule has 1 atom stereocenters. The number of nitrogens with zero attached hydrogens (tertiary/aromatic N) is 2. The molecule has 1 aliphatic heterocycles. The summed E-state index contributed by atoms with van der Waals surface area (Å²) in [6, 6.07) is 0. The van der Waals surface area contributed by atoms with E-state index in [-0.39, 0.29) is 11.7 Å². The molecule has 1 unspecified atom stereocenters. The van der Waals surface area contributed by atoms with E-state index in [4.69, 9.17) is 4.52 Å². The van der Waals surface area contributed by atoms with Gasteiger partial charge in [0.2, 0.25) is 5.78 Å². The van der Waals surface area contributed by atoms with Crippen molar-refractivity contribution in [2.45, 2.75) is 19.3 Å². The molecule has 1 aliphatic rings. The van der Waals surface area contributed by atoms with E-state index in [1.807, 2.05) is 0 Å². The highest BCUT2D eigenvalue weighted by Gasteiger charge is 2.22. The summed E-state index contributed by atoms with van der Waals surface area (Å²) in [6.45, 7) is 3.27. The van der Waals surface area contributed by atoms with Gasteiger partial charge in [-0.25, -0.2) is 0 Å². The van der Waals surface area contributed by atoms with Gasteiger partial charge in [0.1, 0.15) is 0 Å². The lowest BCUT2D eigenvalue weighted by Gasteiger charge is -1.98. The van der Waals surface area contributed by atoms with Gasteiger partial charge in [-0.15, -0.1) is 0 Å². The predicted octanol–water partition coefficient (Wildman–Crippen LogP) is 0.349. The summed E-state index contributed by atoms with van der Waals surface area (Å²) in [5.74, 6) is 0.888. The van der Waals surface area contributed by atoms with Gasteiger partial charge in [0.25, 0.3) is 5.89 Å². The van der Waals surface area contributed by atoms with E-state index in [2.05, 4.69) is 15.5 Å². The Kier molecular flexibility index (Phi) is 2.10. The highest BCUT2D eigenvalue weighted by molar-refractivity contribution is 5.89. The van der Waals surface area contributed by atoms with Gasteiger partial charge in [0.15, 0.2) is 5.82 Å². The third-order valence-corrected chi connectivity index (χ3v) is 2.17. The summed E-state index contributed by atoms with van der Waals surface area (Å²) >= 11 is 0. The van der Waals surface area contributed by atoms with Crippen LogP contribution in [0.1, 0.15) is 35.8 Å². The molecule has 0 aromatic carbocycles. The third-order valence-electron chi connectivity index (χ3n) is 2.17. The number of nitrogens with one attached hydrogen (secondary N) is 1. The number of carbonyl (C=O) groups is 1. The van der Waals surface area contributed by atoms with Crippen LogP contribution in [0.15, 0.2) is 4.52 Å². The molecule has 0 aliphatic carbocycles. The molecule has 2 rings (SSSR count). The molecule has 1 N–H and O–H groups in total. The van der Waals surface area contributed by atoms with E-state index in [0.717, 1.165) is 19.5 Å². The molecule has 0 spiro atoms. The molecular formula is C8H11N3O2. The fourth-order valence-corrected chi connectivity index (χ4v) is 1.42. The van der Waals surface area contributed by atoms with Crippen molar-refractivity contribution >= 4 is 5.78 Å². The first kappa shape index (κ1) is 8.37. The molecule has 70 valence electrons. The van der Waals surface area contributed by atoms with Crippen LogP contribution in [0.4, 0.5) is 0 Å². The summed E-state index contributed by atoms with van der Waals surface area (Å²) in [5, 5.41) is 6.98. The van der Waals surface area contributed by atoms with Crippen molar-refractivity contribution in [1.82, 2.24) is 15.5 Å². The third kappa shape index (κ3) is 1.60. The Bertz CT molecular complexity index is 315. The minimum Gasteiger partial charge on any atom is -0.331 e. The zero-order valence-corrected chi connectivity index (χ0v) is 7.41. The zero-order valence-electron chi connectivity index (χ0n) is 7.41. The van der Waals surface area contributed by atoms with Gasteiger partial charge in [-0.1, -0.05) is 5.16 Å². The Morgan fingerprint density at radius 2 is 2.54 bits per heavy atom. The summed E-state index contributed by atoms with van der Waals surface area (Å²) in [4.78, 5) is 14.9. The monoisotopic (exact) mass is 181 g/mol. The Labute approximate surface area is 75.5 Å². The molecule has 0 radical (unpaired) electrons. The smallest absolute Gasteiger partial charge is 0.293 e. The van der Waals surface area contributed by atoms with Gasteiger partial charge < -0.3 is 9.84 Å². The van der Waals surface area contributed by atoms with Crippen LogP contribution in [0.25, 0.3) is 0 Å². The van der Waals surface area contributed by atoms with Crippen LogP contribution >= 0.6 is 0 Å². The second kappa shape index (κ2) is 3.26. The molecule has 0 amide bonds. The van der Waals surface area contributed by atoms with Crippen LogP contribution in [0.3, 0.4) is 0 Å². The Morgan fingerprint density at radius 3 is 3.08 bits per heavy atom. The maximum atomic E-state index is 10.9. The topological polar surface area (TPSA) is 68.0 Å². The average molecular weight is 181 g/mol. The Hall–Kier alpha value is -1.23. The number of Topliss-reactive ketones (excluding diaryl/α,β-unsaturated/α-hetero) is 1. The van der Waals surface area contributed by atoms with Crippen molar-refractivity contribution in [2.24, 2.45) is 0 Å². The van der Waals surface area contributed by atoms with Crippen molar-refractivity contribution in [1.29, 1.82) is 0 Å². The van der Waals surface area contributed by atoms with Crippen molar-refractivity contribution in [3.05, 3.63) is 11.7 Å². The van der Waals surface area contributed by atoms with Crippen molar-refractivity contribution in [3.8, 4) is 0 Å². The van der Waals surface area contributed by atoms with E-state index in [1.165, 1.54) is 6.92 Å². The fraction of sp³-hybridized carbons (Fsp3) is 0.625. The van der Waals surface area contributed by atoms with Crippen LogP contribution in [-0.4, -0.2) is 29.0 Å². The Balaban J connectivity index is 2.16. The lowest BCUT2D eigenvalue weighted by molar-refractivity contribution is 0.0972. The molecule has 2 heterocycles. The fourth-order valence-electron chi connectivity index (χ4n) is 1.42. The summed E-state index contributed by atoms with van der Waals surface area (Å²) in [6.07, 6.45) is 1.01. The zero-order chi connectivity index (χ0) is 9.26. The van der Waals surface area contributed by atoms with Crippen molar-refractivity contribution < 1.29 is 9.32 Å². The largest absolute Gasteiger partial charge is 0.331 e. The highest BCUT2D eigenvalue weighted by Crippen LogP contribution is 2.18. The standard InChI is InChI=1S/C8H11N3O2/c1-5(12)8-10-7(11-13-8)6-2-3-9-4-6/h6,9H,2-4H2,1H3. The van der Waals surface area contributed by atoms with Gasteiger partial charge in [0.05, 0.1) is 0 Å². The van der Waals surface area contributed by atoms with Gasteiger partial charge in [-0.3, -0.25) is 4.79 Å². The molecule has 5 nitrogen and oxygen atoms in total. The van der Waals surface area contributed by atoms with Crippen LogP contribution < -0.4 is 5.32 Å². The van der Waals surface area contributed by atoms with Gasteiger partial charge in [0, 0.05) is 19.4 Å². The highest BCUT2D eigenvalue weighted by atomic mass is 16.5. The minimum absolute atomic E-state index is 0.113. The molecule has 13 heavy (non-hydrogen) atoms. The molecule has 5 heteroatoms. The second-order valence-electron chi connectivity index (χ2n) is 3.20. The van der Waals surface area contributed by atoms with Gasteiger partial charge in [-0.2, -0.15) is 4.98 Å². The number of hydrogen-bond donors (Lipinski definition) is 1. The molecule has 1 aromatic heterocycles. The summed E-state index contributed by atoms with van der Waals surface area (Å²) in [7, 11) is 0. The van der Waals surface area contributed by atoms with E-state index in [9.17, 15) is 4.79 Å². The molecular weight excluding hydrogens is 170 g/mol. The Morgan fingerprint density at radius 1 is 1.69 bits per heavy atom. The second-order valence-corrected chi connectivity index (χ2v) is 3.20. The van der Waals surface area contributed by atoms with E-state index in [0.29, 0.717) is 11.7 Å². The normalized spacial score (nSPS) is 22.1. The number of hydrogen-bond acceptors (Lipinski definition) is 5. The van der Waals surface area contributed by atoms with Gasteiger partial charge in [-0.05, 0) is 13.0 Å². The van der Waals surface area contributed by atoms with Crippen LogP contribution in [-0.2, 0) is 0 Å². The van der Waals surface area contributed by atoms with E-state index in [1.54, 1.807) is 0 Å². The number of rotatable bonds is 2. The van der Waals surface area contributed by atoms with Crippen LogP contribution in [0.2, 0.25) is 0 Å². The minimum atomic E-state index is -0.176. The van der Waals surface area contributed by atoms with Gasteiger partial charge >= 0.3 is 0 Å². The SMILES string of the molecule is CC(=O)c1nc(C2CCNC2)no1. The summed E-state index contributed by atoms with van der Waals surface area (Å²) in [5.41, 5.74) is 0. The first-order valence-electron chi connectivity index (χ1n) is 4.32. The lowest BCUT2D eigenvalue weighted by Crippen LogP contribution is -2.08. The van der Waals surface area contributed by atoms with Crippen LogP contribution in [0.5, 0.6) is 0 Å². The maximum absolute atomic E-state index is 10.9. The quantitative estimate of drug-likeness (QED) is 0.667. The first-order valence-corrected chi connectivity index (χ1v) is 4.32. The molecule has 0 bridgehead atoms. The van der Waals surface area contributed by atoms with Crippen molar-refractivity contribution in [3.63, 3.8) is 0 Å². The van der Waals surface area contributed by atoms with E-state index < -0.39 is 0 Å². The molecule has 0 saturated carbocycles. The summed E-state index contributed by atoms with van der Waals surface area (Å²) < 4.78 is 4.80. The number of carbonyl (C=O) groups excluding carboxylic acids is 1. The molecule has 1 aromatic rings. The lowest BCUT2D eigenvalue weighted by atomic mass is 10.1. The predicted molar refractivity (Wildman–Crippen MR) is 44.5 cm³/mol. The van der Waals surface area contributed by atoms with Crippen molar-refractivity contribution in [2.75, 3.05) is 13.1 Å². The number of ketones is 1. The molecule has 1 saturated heterocycles.